The van der Waals surface area contributed by atoms with Gasteiger partial charge < -0.3 is 14.8 Å². The Balaban J connectivity index is 1.64. The van der Waals surface area contributed by atoms with E-state index in [0.717, 1.165) is 30.6 Å². The topological polar surface area (TPSA) is 47.6 Å². The first kappa shape index (κ1) is 16.4. The molecule has 1 atom stereocenters. The van der Waals surface area contributed by atoms with Crippen LogP contribution in [0.4, 0.5) is 0 Å². The summed E-state index contributed by atoms with van der Waals surface area (Å²) in [7, 11) is 3.27. The van der Waals surface area contributed by atoms with Crippen LogP contribution in [0.25, 0.3) is 0 Å². The van der Waals surface area contributed by atoms with E-state index < -0.39 is 0 Å². The lowest BCUT2D eigenvalue weighted by atomic mass is 10.1. The molecule has 0 saturated carbocycles. The molecule has 4 heteroatoms. The minimum atomic E-state index is 0.0584. The van der Waals surface area contributed by atoms with Crippen molar-refractivity contribution in [3.05, 3.63) is 59.2 Å². The van der Waals surface area contributed by atoms with Gasteiger partial charge in [-0.15, -0.1) is 0 Å². The SMILES string of the molecule is COc1cc2c(cc1OC)C(NC(=O)CCc1ccccc1)CC2. The lowest BCUT2D eigenvalue weighted by Crippen LogP contribution is -2.27. The van der Waals surface area contributed by atoms with Crippen molar-refractivity contribution in [1.82, 2.24) is 5.32 Å². The molecule has 3 rings (SSSR count). The second-order valence-corrected chi connectivity index (χ2v) is 6.05. The second-order valence-electron chi connectivity index (χ2n) is 6.05. The van der Waals surface area contributed by atoms with Crippen LogP contribution in [-0.4, -0.2) is 20.1 Å². The fraction of sp³-hybridized carbons (Fsp3) is 0.350. The zero-order valence-corrected chi connectivity index (χ0v) is 14.2. The van der Waals surface area contributed by atoms with Gasteiger partial charge >= 0.3 is 0 Å². The summed E-state index contributed by atoms with van der Waals surface area (Å²) in [5.74, 6) is 1.54. The van der Waals surface area contributed by atoms with E-state index in [1.54, 1.807) is 14.2 Å². The Hall–Kier alpha value is -2.49. The van der Waals surface area contributed by atoms with Gasteiger partial charge in [-0.1, -0.05) is 30.3 Å². The van der Waals surface area contributed by atoms with E-state index in [-0.39, 0.29) is 11.9 Å². The molecule has 0 fully saturated rings. The number of amides is 1. The smallest absolute Gasteiger partial charge is 0.220 e. The van der Waals surface area contributed by atoms with E-state index in [1.807, 2.05) is 30.3 Å². The van der Waals surface area contributed by atoms with Gasteiger partial charge in [0, 0.05) is 6.42 Å². The summed E-state index contributed by atoms with van der Waals surface area (Å²) in [6, 6.07) is 14.2. The molecule has 0 aliphatic heterocycles. The summed E-state index contributed by atoms with van der Waals surface area (Å²) in [4.78, 5) is 12.3. The Morgan fingerprint density at radius 3 is 2.54 bits per heavy atom. The highest BCUT2D eigenvalue weighted by Gasteiger charge is 2.26. The number of carbonyl (C=O) groups excluding carboxylic acids is 1. The maximum atomic E-state index is 12.3. The summed E-state index contributed by atoms with van der Waals surface area (Å²) >= 11 is 0. The Bertz CT molecular complexity index is 712. The van der Waals surface area contributed by atoms with Gasteiger partial charge in [-0.3, -0.25) is 4.79 Å². The minimum Gasteiger partial charge on any atom is -0.493 e. The van der Waals surface area contributed by atoms with Crippen LogP contribution in [0.2, 0.25) is 0 Å². The molecule has 2 aromatic rings. The van der Waals surface area contributed by atoms with Gasteiger partial charge in [-0.05, 0) is 48.1 Å². The van der Waals surface area contributed by atoms with E-state index in [4.69, 9.17) is 9.47 Å². The molecule has 1 amide bonds. The zero-order valence-electron chi connectivity index (χ0n) is 14.2. The maximum Gasteiger partial charge on any atom is 0.220 e. The molecule has 1 aliphatic carbocycles. The molecular weight excluding hydrogens is 302 g/mol. The molecule has 0 spiro atoms. The predicted octanol–water partition coefficient (Wildman–Crippen LogP) is 3.44. The summed E-state index contributed by atoms with van der Waals surface area (Å²) in [5.41, 5.74) is 3.55. The standard InChI is InChI=1S/C20H23NO3/c1-23-18-12-15-9-10-17(16(15)13-19(18)24-2)21-20(22)11-8-14-6-4-3-5-7-14/h3-7,12-13,17H,8-11H2,1-2H3,(H,21,22). The number of methoxy groups -OCH3 is 2. The van der Waals surface area contributed by atoms with Gasteiger partial charge in [0.15, 0.2) is 11.5 Å². The summed E-state index contributed by atoms with van der Waals surface area (Å²) in [5, 5.41) is 3.16. The monoisotopic (exact) mass is 325 g/mol. The molecule has 126 valence electrons. The highest BCUT2D eigenvalue weighted by molar-refractivity contribution is 5.77. The number of fused-ring (bicyclic) bond motifs is 1. The first-order chi connectivity index (χ1) is 11.7. The fourth-order valence-electron chi connectivity index (χ4n) is 3.25. The van der Waals surface area contributed by atoms with E-state index in [9.17, 15) is 4.79 Å². The molecule has 24 heavy (non-hydrogen) atoms. The van der Waals surface area contributed by atoms with Crippen LogP contribution in [0, 0.1) is 0 Å². The van der Waals surface area contributed by atoms with E-state index >= 15 is 0 Å². The highest BCUT2D eigenvalue weighted by Crippen LogP contribution is 2.39. The lowest BCUT2D eigenvalue weighted by Gasteiger charge is -2.16. The highest BCUT2D eigenvalue weighted by atomic mass is 16.5. The average molecular weight is 325 g/mol. The molecule has 1 unspecified atom stereocenters. The third-order valence-electron chi connectivity index (χ3n) is 4.54. The van der Waals surface area contributed by atoms with Crippen molar-refractivity contribution in [2.24, 2.45) is 0 Å². The first-order valence-corrected chi connectivity index (χ1v) is 8.29. The maximum absolute atomic E-state index is 12.3. The number of nitrogens with one attached hydrogen (secondary N) is 1. The van der Waals surface area contributed by atoms with Gasteiger partial charge in [0.2, 0.25) is 5.91 Å². The largest absolute Gasteiger partial charge is 0.493 e. The van der Waals surface area contributed by atoms with Gasteiger partial charge in [0.05, 0.1) is 20.3 Å². The van der Waals surface area contributed by atoms with Crippen LogP contribution in [0.5, 0.6) is 11.5 Å². The van der Waals surface area contributed by atoms with Crippen LogP contribution in [-0.2, 0) is 17.6 Å². The quantitative estimate of drug-likeness (QED) is 0.885. The number of hydrogen-bond donors (Lipinski definition) is 1. The van der Waals surface area contributed by atoms with Crippen molar-refractivity contribution in [1.29, 1.82) is 0 Å². The van der Waals surface area contributed by atoms with E-state index in [0.29, 0.717) is 12.2 Å². The number of aryl methyl sites for hydroxylation is 2. The number of ether oxygens (including phenoxy) is 2. The van der Waals surface area contributed by atoms with Crippen molar-refractivity contribution < 1.29 is 14.3 Å². The molecule has 0 radical (unpaired) electrons. The van der Waals surface area contributed by atoms with Gasteiger partial charge in [0.1, 0.15) is 0 Å². The molecule has 0 aromatic heterocycles. The summed E-state index contributed by atoms with van der Waals surface area (Å²) < 4.78 is 10.7. The molecule has 0 saturated heterocycles. The predicted molar refractivity (Wildman–Crippen MR) is 93.5 cm³/mol. The van der Waals surface area contributed by atoms with Crippen molar-refractivity contribution in [2.45, 2.75) is 31.7 Å². The van der Waals surface area contributed by atoms with Crippen LogP contribution < -0.4 is 14.8 Å². The Kier molecular flexibility index (Phi) is 5.04. The van der Waals surface area contributed by atoms with E-state index in [2.05, 4.69) is 17.4 Å². The second kappa shape index (κ2) is 7.39. The number of carbonyl (C=O) groups is 1. The molecule has 1 aliphatic rings. The van der Waals surface area contributed by atoms with Gasteiger partial charge in [0.25, 0.3) is 0 Å². The number of hydrogen-bond acceptors (Lipinski definition) is 3. The van der Waals surface area contributed by atoms with Crippen LogP contribution >= 0.6 is 0 Å². The van der Waals surface area contributed by atoms with Gasteiger partial charge in [-0.25, -0.2) is 0 Å². The van der Waals surface area contributed by atoms with Crippen LogP contribution in [0.3, 0.4) is 0 Å². The Labute approximate surface area is 142 Å². The van der Waals surface area contributed by atoms with Crippen LogP contribution in [0.1, 0.15) is 35.6 Å². The number of benzene rings is 2. The summed E-state index contributed by atoms with van der Waals surface area (Å²) in [6.45, 7) is 0. The molecule has 0 heterocycles. The van der Waals surface area contributed by atoms with Crippen LogP contribution in [0.15, 0.2) is 42.5 Å². The third kappa shape index (κ3) is 3.53. The Morgan fingerprint density at radius 1 is 1.12 bits per heavy atom. The molecule has 0 bridgehead atoms. The van der Waals surface area contributed by atoms with Crippen molar-refractivity contribution >= 4 is 5.91 Å². The molecule has 2 aromatic carbocycles. The number of rotatable bonds is 6. The zero-order chi connectivity index (χ0) is 16.9. The van der Waals surface area contributed by atoms with Gasteiger partial charge in [-0.2, -0.15) is 0 Å². The molecular formula is C20H23NO3. The summed E-state index contributed by atoms with van der Waals surface area (Å²) in [6.07, 6.45) is 3.13. The van der Waals surface area contributed by atoms with Crippen molar-refractivity contribution in [3.63, 3.8) is 0 Å². The molecule has 1 N–H and O–H groups in total. The average Bonchev–Trinajstić information content (AvgIpc) is 3.01. The minimum absolute atomic E-state index is 0.0584. The first-order valence-electron chi connectivity index (χ1n) is 8.29. The normalized spacial score (nSPS) is 15.7. The van der Waals surface area contributed by atoms with E-state index in [1.165, 1.54) is 11.1 Å². The lowest BCUT2D eigenvalue weighted by molar-refractivity contribution is -0.121. The van der Waals surface area contributed by atoms with Crippen molar-refractivity contribution in [3.8, 4) is 11.5 Å². The third-order valence-corrected chi connectivity index (χ3v) is 4.54. The Morgan fingerprint density at radius 2 is 1.83 bits per heavy atom. The fourth-order valence-corrected chi connectivity index (χ4v) is 3.25. The van der Waals surface area contributed by atoms with Crippen molar-refractivity contribution in [2.75, 3.05) is 14.2 Å². The molecule has 4 nitrogen and oxygen atoms in total.